The largest absolute Gasteiger partial charge is 0.494 e. The van der Waals surface area contributed by atoms with Crippen LogP contribution in [0.15, 0.2) is 64.3 Å². The van der Waals surface area contributed by atoms with E-state index >= 15 is 0 Å². The van der Waals surface area contributed by atoms with E-state index in [4.69, 9.17) is 15.1 Å². The molecule has 0 spiro atoms. The highest BCUT2D eigenvalue weighted by Crippen LogP contribution is 2.20. The fourth-order valence-corrected chi connectivity index (χ4v) is 3.21. The smallest absolute Gasteiger partial charge is 0.293 e. The second-order valence-corrected chi connectivity index (χ2v) is 7.58. The first kappa shape index (κ1) is 23.4. The number of carbonyl (C=O) groups is 1. The van der Waals surface area contributed by atoms with E-state index in [0.29, 0.717) is 12.3 Å². The summed E-state index contributed by atoms with van der Waals surface area (Å²) >= 11 is 0. The Bertz CT molecular complexity index is 1280. The monoisotopic (exact) mass is 475 g/mol. The van der Waals surface area contributed by atoms with Crippen LogP contribution in [0.2, 0.25) is 0 Å². The highest BCUT2D eigenvalue weighted by molar-refractivity contribution is 5.94. The lowest BCUT2D eigenvalue weighted by Crippen LogP contribution is -2.24. The quantitative estimate of drug-likeness (QED) is 0.260. The molecule has 1 amide bonds. The summed E-state index contributed by atoms with van der Waals surface area (Å²) in [5.74, 6) is 0.400. The van der Waals surface area contributed by atoms with Gasteiger partial charge in [0.1, 0.15) is 5.75 Å². The van der Waals surface area contributed by atoms with Gasteiger partial charge in [-0.3, -0.25) is 4.79 Å². The molecule has 0 bridgehead atoms. The fraction of sp³-hybridized carbons (Fsp3) is 0.217. The Morgan fingerprint density at radius 1 is 1.20 bits per heavy atom. The Hall–Kier alpha value is -4.74. The molecule has 2 heterocycles. The minimum absolute atomic E-state index is 0.0230. The van der Waals surface area contributed by atoms with Crippen molar-refractivity contribution in [1.82, 2.24) is 30.7 Å². The molecule has 180 valence electrons. The number of nitrogens with two attached hydrogens (primary N) is 1. The third-order valence-corrected chi connectivity index (χ3v) is 4.99. The van der Waals surface area contributed by atoms with Gasteiger partial charge in [-0.05, 0) is 58.7 Å². The van der Waals surface area contributed by atoms with Crippen LogP contribution in [0.5, 0.6) is 5.75 Å². The predicted octanol–water partition coefficient (Wildman–Crippen LogP) is 2.42. The summed E-state index contributed by atoms with van der Waals surface area (Å²) in [7, 11) is 1.88. The van der Waals surface area contributed by atoms with Gasteiger partial charge < -0.3 is 15.4 Å². The summed E-state index contributed by atoms with van der Waals surface area (Å²) in [6, 6.07) is 17.0. The van der Waals surface area contributed by atoms with Gasteiger partial charge in [0.05, 0.1) is 25.1 Å². The zero-order valence-corrected chi connectivity index (χ0v) is 19.3. The number of carbonyl (C=O) groups excluding carboxylic acids is 1. The zero-order valence-electron chi connectivity index (χ0n) is 19.3. The number of nitrogens with one attached hydrogen (secondary N) is 1. The Labute approximate surface area is 201 Å². The zero-order chi connectivity index (χ0) is 24.6. The highest BCUT2D eigenvalue weighted by atomic mass is 16.6. The first-order valence-electron chi connectivity index (χ1n) is 10.9. The van der Waals surface area contributed by atoms with Gasteiger partial charge >= 0.3 is 0 Å². The van der Waals surface area contributed by atoms with Gasteiger partial charge in [0, 0.05) is 12.7 Å². The van der Waals surface area contributed by atoms with Crippen LogP contribution in [0, 0.1) is 0 Å². The number of hydrogen-bond acceptors (Lipinski definition) is 10. The molecule has 3 N–H and O–H groups in total. The van der Waals surface area contributed by atoms with Crippen molar-refractivity contribution in [3.05, 3.63) is 71.5 Å². The number of anilines is 2. The maximum Gasteiger partial charge on any atom is 0.293 e. The number of amides is 1. The van der Waals surface area contributed by atoms with E-state index in [2.05, 4.69) is 31.2 Å². The summed E-state index contributed by atoms with van der Waals surface area (Å²) in [6.45, 7) is 2.97. The molecular weight excluding hydrogens is 450 g/mol. The van der Waals surface area contributed by atoms with Crippen LogP contribution in [0.3, 0.4) is 0 Å². The molecule has 2 aromatic carbocycles. The van der Waals surface area contributed by atoms with Crippen LogP contribution in [0.25, 0.3) is 5.82 Å². The molecule has 0 fully saturated rings. The Balaban J connectivity index is 1.53. The number of hydrazone groups is 1. The maximum atomic E-state index is 12.9. The normalized spacial score (nSPS) is 11.0. The van der Waals surface area contributed by atoms with Crippen molar-refractivity contribution >= 4 is 23.6 Å². The number of ether oxygens (including phenoxy) is 1. The SMILES string of the molecule is CCCOc1ccc(C=NNC(=O)c2nnn(-c3nonc3N)c2CN(C)c2ccccc2)cc1. The number of para-hydroxylation sites is 1. The molecular formula is C23H25N9O3. The third kappa shape index (κ3) is 5.61. The van der Waals surface area contributed by atoms with Crippen molar-refractivity contribution in [2.75, 3.05) is 24.3 Å². The highest BCUT2D eigenvalue weighted by Gasteiger charge is 2.25. The number of rotatable bonds is 10. The second-order valence-electron chi connectivity index (χ2n) is 7.58. The minimum Gasteiger partial charge on any atom is -0.494 e. The Morgan fingerprint density at radius 3 is 2.66 bits per heavy atom. The number of nitrogens with zero attached hydrogens (tertiary/aromatic N) is 7. The molecule has 0 aliphatic carbocycles. The molecule has 2 aromatic heterocycles. The van der Waals surface area contributed by atoms with Crippen molar-refractivity contribution in [2.24, 2.45) is 5.10 Å². The maximum absolute atomic E-state index is 12.9. The fourth-order valence-electron chi connectivity index (χ4n) is 3.21. The number of aromatic nitrogens is 5. The van der Waals surface area contributed by atoms with Crippen molar-refractivity contribution in [3.63, 3.8) is 0 Å². The molecule has 0 aliphatic heterocycles. The summed E-state index contributed by atoms with van der Waals surface area (Å²) < 4.78 is 11.6. The van der Waals surface area contributed by atoms with Crippen LogP contribution >= 0.6 is 0 Å². The van der Waals surface area contributed by atoms with Gasteiger partial charge in [-0.15, -0.1) is 5.10 Å². The lowest BCUT2D eigenvalue weighted by molar-refractivity contribution is 0.0949. The van der Waals surface area contributed by atoms with Crippen LogP contribution in [0.4, 0.5) is 11.5 Å². The molecule has 35 heavy (non-hydrogen) atoms. The standard InChI is InChI=1S/C23H25N9O3/c1-3-13-34-18-11-9-16(10-12-18)14-25-27-23(33)20-19(15-31(2)17-7-5-4-6-8-17)32(30-26-20)22-21(24)28-35-29-22/h4-12,14H,3,13,15H2,1-2H3,(H2,24,28)(H,27,33). The molecule has 12 nitrogen and oxygen atoms in total. The van der Waals surface area contributed by atoms with Gasteiger partial charge in [0.25, 0.3) is 5.91 Å². The van der Waals surface area contributed by atoms with Gasteiger partial charge in [-0.1, -0.05) is 30.3 Å². The first-order valence-corrected chi connectivity index (χ1v) is 10.9. The Morgan fingerprint density at radius 2 is 1.97 bits per heavy atom. The van der Waals surface area contributed by atoms with Gasteiger partial charge in [0.15, 0.2) is 5.69 Å². The summed E-state index contributed by atoms with van der Waals surface area (Å²) in [5.41, 5.74) is 10.6. The van der Waals surface area contributed by atoms with Crippen LogP contribution in [-0.4, -0.2) is 51.1 Å². The first-order chi connectivity index (χ1) is 17.1. The molecule has 0 radical (unpaired) electrons. The summed E-state index contributed by atoms with van der Waals surface area (Å²) in [6.07, 6.45) is 2.46. The molecule has 4 rings (SSSR count). The molecule has 0 saturated carbocycles. The van der Waals surface area contributed by atoms with E-state index in [1.165, 1.54) is 10.9 Å². The lowest BCUT2D eigenvalue weighted by atomic mass is 10.2. The molecule has 0 saturated heterocycles. The van der Waals surface area contributed by atoms with Gasteiger partial charge in [-0.25, -0.2) is 10.1 Å². The van der Waals surface area contributed by atoms with E-state index in [1.807, 2.05) is 73.5 Å². The van der Waals surface area contributed by atoms with E-state index in [1.54, 1.807) is 0 Å². The number of benzene rings is 2. The summed E-state index contributed by atoms with van der Waals surface area (Å²) in [4.78, 5) is 14.9. The van der Waals surface area contributed by atoms with E-state index < -0.39 is 5.91 Å². The van der Waals surface area contributed by atoms with Crippen LogP contribution < -0.4 is 20.8 Å². The minimum atomic E-state index is -0.540. The van der Waals surface area contributed by atoms with Crippen LogP contribution in [-0.2, 0) is 6.54 Å². The number of nitrogen functional groups attached to an aromatic ring is 1. The van der Waals surface area contributed by atoms with E-state index in [9.17, 15) is 4.79 Å². The van der Waals surface area contributed by atoms with Gasteiger partial charge in [0.2, 0.25) is 11.6 Å². The average molecular weight is 476 g/mol. The van der Waals surface area contributed by atoms with Crippen molar-refractivity contribution < 1.29 is 14.2 Å². The topological polar surface area (TPSA) is 150 Å². The average Bonchev–Trinajstić information content (AvgIpc) is 3.49. The number of hydrogen-bond donors (Lipinski definition) is 2. The molecule has 0 atom stereocenters. The molecule has 0 aliphatic rings. The van der Waals surface area contributed by atoms with Crippen molar-refractivity contribution in [3.8, 4) is 11.6 Å². The van der Waals surface area contributed by atoms with Crippen molar-refractivity contribution in [2.45, 2.75) is 19.9 Å². The molecule has 4 aromatic rings. The molecule has 0 unspecified atom stereocenters. The molecule has 12 heteroatoms. The van der Waals surface area contributed by atoms with Crippen molar-refractivity contribution in [1.29, 1.82) is 0 Å². The van der Waals surface area contributed by atoms with E-state index in [-0.39, 0.29) is 23.9 Å². The lowest BCUT2D eigenvalue weighted by Gasteiger charge is -2.19. The Kier molecular flexibility index (Phi) is 7.31. The third-order valence-electron chi connectivity index (χ3n) is 4.99. The second kappa shape index (κ2) is 10.9. The van der Waals surface area contributed by atoms with E-state index in [0.717, 1.165) is 23.4 Å². The predicted molar refractivity (Wildman–Crippen MR) is 129 cm³/mol. The van der Waals surface area contributed by atoms with Gasteiger partial charge in [-0.2, -0.15) is 9.78 Å². The summed E-state index contributed by atoms with van der Waals surface area (Å²) in [5, 5.41) is 19.5. The van der Waals surface area contributed by atoms with Crippen LogP contribution in [0.1, 0.15) is 35.1 Å².